The zero-order valence-corrected chi connectivity index (χ0v) is 20.9. The molecule has 0 heterocycles. The van der Waals surface area contributed by atoms with Gasteiger partial charge in [0, 0.05) is 17.4 Å². The van der Waals surface area contributed by atoms with Gasteiger partial charge in [0.25, 0.3) is 10.0 Å². The molecular weight excluding hydrogens is 494 g/mol. The van der Waals surface area contributed by atoms with Crippen molar-refractivity contribution in [3.8, 4) is 11.5 Å². The number of hydrogen-bond donors (Lipinski definition) is 2. The maximum absolute atomic E-state index is 12.7. The molecule has 0 aromatic heterocycles. The number of anilines is 3. The Morgan fingerprint density at radius 3 is 2.09 bits per heavy atom. The Morgan fingerprint density at radius 1 is 0.857 bits per heavy atom. The van der Waals surface area contributed by atoms with Crippen LogP contribution in [0.3, 0.4) is 0 Å². The van der Waals surface area contributed by atoms with E-state index in [2.05, 4.69) is 10.0 Å². The molecule has 0 unspecified atom stereocenters. The molecule has 0 fully saturated rings. The predicted octanol–water partition coefficient (Wildman–Crippen LogP) is 2.91. The predicted molar refractivity (Wildman–Crippen MR) is 134 cm³/mol. The minimum Gasteiger partial charge on any atom is -0.497 e. The van der Waals surface area contributed by atoms with Crippen molar-refractivity contribution in [1.82, 2.24) is 0 Å². The Hall–Kier alpha value is -3.77. The number of amides is 1. The Labute approximate surface area is 204 Å². The van der Waals surface area contributed by atoms with Gasteiger partial charge in [0.1, 0.15) is 18.0 Å². The fourth-order valence-electron chi connectivity index (χ4n) is 3.14. The van der Waals surface area contributed by atoms with Gasteiger partial charge >= 0.3 is 0 Å². The van der Waals surface area contributed by atoms with Crippen LogP contribution in [0, 0.1) is 0 Å². The van der Waals surface area contributed by atoms with E-state index in [0.717, 1.165) is 10.6 Å². The summed E-state index contributed by atoms with van der Waals surface area (Å²) in [7, 11) is -4.88. The summed E-state index contributed by atoms with van der Waals surface area (Å²) in [4.78, 5) is 12.7. The van der Waals surface area contributed by atoms with Crippen LogP contribution in [0.2, 0.25) is 0 Å². The summed E-state index contributed by atoms with van der Waals surface area (Å²) >= 11 is 0. The summed E-state index contributed by atoms with van der Waals surface area (Å²) in [6.07, 6.45) is 0.971. The first-order chi connectivity index (χ1) is 16.5. The van der Waals surface area contributed by atoms with Gasteiger partial charge in [-0.15, -0.1) is 0 Å². The second kappa shape index (κ2) is 10.7. The number of carbonyl (C=O) groups excluding carboxylic acids is 1. The van der Waals surface area contributed by atoms with E-state index in [0.29, 0.717) is 17.1 Å². The average Bonchev–Trinajstić information content (AvgIpc) is 2.82. The molecule has 3 rings (SSSR count). The molecule has 0 aliphatic rings. The van der Waals surface area contributed by atoms with Gasteiger partial charge in [0.15, 0.2) is 0 Å². The van der Waals surface area contributed by atoms with Crippen LogP contribution in [0.25, 0.3) is 0 Å². The summed E-state index contributed by atoms with van der Waals surface area (Å²) in [5.74, 6) is -0.0152. The number of nitrogens with one attached hydrogen (secondary N) is 2. The largest absolute Gasteiger partial charge is 0.497 e. The summed E-state index contributed by atoms with van der Waals surface area (Å²) in [6.45, 7) is -0.544. The number of carbonyl (C=O) groups is 1. The van der Waals surface area contributed by atoms with Crippen LogP contribution in [0.1, 0.15) is 0 Å². The van der Waals surface area contributed by atoms with Crippen LogP contribution in [-0.2, 0) is 24.8 Å². The second-order valence-electron chi connectivity index (χ2n) is 7.35. The third kappa shape index (κ3) is 6.64. The van der Waals surface area contributed by atoms with E-state index in [9.17, 15) is 21.6 Å². The Bertz CT molecular complexity index is 1390. The van der Waals surface area contributed by atoms with E-state index in [-0.39, 0.29) is 16.3 Å². The number of rotatable bonds is 10. The van der Waals surface area contributed by atoms with Gasteiger partial charge in [-0.05, 0) is 48.5 Å². The van der Waals surface area contributed by atoms with Gasteiger partial charge in [0.2, 0.25) is 15.9 Å². The molecule has 0 spiro atoms. The van der Waals surface area contributed by atoms with Crippen LogP contribution >= 0.6 is 0 Å². The Balaban J connectivity index is 1.76. The topological polar surface area (TPSA) is 131 Å². The highest BCUT2D eigenvalue weighted by molar-refractivity contribution is 7.92. The molecule has 0 radical (unpaired) electrons. The summed E-state index contributed by atoms with van der Waals surface area (Å²) < 4.78 is 63.8. The molecule has 3 aromatic rings. The maximum Gasteiger partial charge on any atom is 0.261 e. The number of nitrogens with zero attached hydrogens (tertiary/aromatic N) is 1. The molecule has 1 amide bonds. The van der Waals surface area contributed by atoms with Crippen molar-refractivity contribution < 1.29 is 31.1 Å². The number of hydrogen-bond acceptors (Lipinski definition) is 7. The van der Waals surface area contributed by atoms with E-state index in [1.54, 1.807) is 36.4 Å². The summed E-state index contributed by atoms with van der Waals surface area (Å²) in [5, 5.41) is 2.58. The minimum atomic E-state index is -3.87. The van der Waals surface area contributed by atoms with Crippen LogP contribution in [0.5, 0.6) is 11.5 Å². The first-order valence-electron chi connectivity index (χ1n) is 10.2. The van der Waals surface area contributed by atoms with Crippen LogP contribution in [-0.4, -0.2) is 49.8 Å². The Kier molecular flexibility index (Phi) is 7.87. The standard InChI is InChI=1S/C23H25N3O7S2/c1-32-19-11-14-22(33-2)21(15-19)26(34(3,28)29)16-23(27)24-17-9-12-20(13-10-17)35(30,31)25-18-7-5-4-6-8-18/h4-15,25H,16H2,1-3H3,(H,24,27). The number of benzene rings is 3. The van der Waals surface area contributed by atoms with E-state index in [4.69, 9.17) is 9.47 Å². The first-order valence-corrected chi connectivity index (χ1v) is 13.5. The van der Waals surface area contributed by atoms with Crippen LogP contribution < -0.4 is 23.8 Å². The van der Waals surface area contributed by atoms with Crippen molar-refractivity contribution in [1.29, 1.82) is 0 Å². The maximum atomic E-state index is 12.7. The molecule has 10 nitrogen and oxygen atoms in total. The minimum absolute atomic E-state index is 0.00164. The van der Waals surface area contributed by atoms with E-state index in [1.807, 2.05) is 0 Å². The number of ether oxygens (including phenoxy) is 2. The van der Waals surface area contributed by atoms with E-state index >= 15 is 0 Å². The summed E-state index contributed by atoms with van der Waals surface area (Å²) in [6, 6.07) is 18.5. The van der Waals surface area contributed by atoms with Crippen molar-refractivity contribution in [3.05, 3.63) is 72.8 Å². The van der Waals surface area contributed by atoms with Gasteiger partial charge in [-0.3, -0.25) is 13.8 Å². The molecule has 0 bridgehead atoms. The lowest BCUT2D eigenvalue weighted by molar-refractivity contribution is -0.114. The zero-order valence-electron chi connectivity index (χ0n) is 19.3. The highest BCUT2D eigenvalue weighted by Gasteiger charge is 2.25. The molecule has 0 saturated heterocycles. The van der Waals surface area contributed by atoms with E-state index < -0.39 is 32.5 Å². The van der Waals surface area contributed by atoms with Crippen molar-refractivity contribution in [2.24, 2.45) is 0 Å². The van der Waals surface area contributed by atoms with Crippen LogP contribution in [0.4, 0.5) is 17.1 Å². The molecule has 2 N–H and O–H groups in total. The molecule has 35 heavy (non-hydrogen) atoms. The SMILES string of the molecule is COc1ccc(OC)c(N(CC(=O)Nc2ccc(S(=O)(=O)Nc3ccccc3)cc2)S(C)(=O)=O)c1. The van der Waals surface area contributed by atoms with E-state index in [1.165, 1.54) is 50.6 Å². The van der Waals surface area contributed by atoms with Crippen molar-refractivity contribution in [2.45, 2.75) is 4.90 Å². The molecule has 0 aliphatic carbocycles. The monoisotopic (exact) mass is 519 g/mol. The fourth-order valence-corrected chi connectivity index (χ4v) is 5.05. The van der Waals surface area contributed by atoms with Crippen LogP contribution in [0.15, 0.2) is 77.7 Å². The molecule has 0 atom stereocenters. The molecule has 12 heteroatoms. The van der Waals surface area contributed by atoms with Crippen molar-refractivity contribution in [2.75, 3.05) is 41.4 Å². The number of para-hydroxylation sites is 1. The normalized spacial score (nSPS) is 11.4. The molecule has 0 aliphatic heterocycles. The summed E-state index contributed by atoms with van der Waals surface area (Å²) in [5.41, 5.74) is 0.844. The number of sulfonamides is 2. The smallest absolute Gasteiger partial charge is 0.261 e. The zero-order chi connectivity index (χ0) is 25.6. The van der Waals surface area contributed by atoms with Gasteiger partial charge < -0.3 is 14.8 Å². The first kappa shape index (κ1) is 25.8. The van der Waals surface area contributed by atoms with Gasteiger partial charge in [-0.25, -0.2) is 16.8 Å². The average molecular weight is 520 g/mol. The highest BCUT2D eigenvalue weighted by atomic mass is 32.2. The molecule has 3 aromatic carbocycles. The third-order valence-electron chi connectivity index (χ3n) is 4.82. The lowest BCUT2D eigenvalue weighted by atomic mass is 10.2. The lowest BCUT2D eigenvalue weighted by Gasteiger charge is -2.24. The third-order valence-corrected chi connectivity index (χ3v) is 7.34. The van der Waals surface area contributed by atoms with Gasteiger partial charge in [-0.1, -0.05) is 18.2 Å². The highest BCUT2D eigenvalue weighted by Crippen LogP contribution is 2.33. The van der Waals surface area contributed by atoms with Gasteiger partial charge in [-0.2, -0.15) is 0 Å². The fraction of sp³-hybridized carbons (Fsp3) is 0.174. The van der Waals surface area contributed by atoms with Gasteiger partial charge in [0.05, 0.1) is 31.1 Å². The molecular formula is C23H25N3O7S2. The molecule has 0 saturated carbocycles. The molecule has 186 valence electrons. The quantitative estimate of drug-likeness (QED) is 0.421. The number of methoxy groups -OCH3 is 2. The lowest BCUT2D eigenvalue weighted by Crippen LogP contribution is -2.37. The Morgan fingerprint density at radius 2 is 1.51 bits per heavy atom. The van der Waals surface area contributed by atoms with Crippen molar-refractivity contribution >= 4 is 43.0 Å². The second-order valence-corrected chi connectivity index (χ2v) is 10.9. The van der Waals surface area contributed by atoms with Crippen molar-refractivity contribution in [3.63, 3.8) is 0 Å².